The SMILES string of the molecule is CC(C)(C)c1cc(C(=O)N2CCCC[C@@H]2c2ncc(Cc3cccc(Cl)c3)o2)n[nH]1. The molecule has 1 aromatic carbocycles. The van der Waals surface area contributed by atoms with Crippen molar-refractivity contribution >= 4 is 17.5 Å². The lowest BCUT2D eigenvalue weighted by Gasteiger charge is -2.33. The van der Waals surface area contributed by atoms with Gasteiger partial charge in [0, 0.05) is 29.1 Å². The second-order valence-electron chi connectivity index (χ2n) is 8.90. The topological polar surface area (TPSA) is 75.0 Å². The second kappa shape index (κ2) is 8.26. The zero-order valence-corrected chi connectivity index (χ0v) is 18.4. The van der Waals surface area contributed by atoms with Gasteiger partial charge in [-0.1, -0.05) is 44.5 Å². The Morgan fingerprint density at radius 3 is 2.87 bits per heavy atom. The fraction of sp³-hybridized carbons (Fsp3) is 0.435. The molecular formula is C23H27ClN4O2. The van der Waals surface area contributed by atoms with Crippen molar-refractivity contribution in [3.8, 4) is 0 Å². The van der Waals surface area contributed by atoms with Crippen LogP contribution in [-0.2, 0) is 11.8 Å². The van der Waals surface area contributed by atoms with E-state index in [2.05, 4.69) is 36.0 Å². The first-order chi connectivity index (χ1) is 14.3. The summed E-state index contributed by atoms with van der Waals surface area (Å²) in [6.07, 6.45) is 5.20. The van der Waals surface area contributed by atoms with Crippen LogP contribution in [0.4, 0.5) is 0 Å². The van der Waals surface area contributed by atoms with Crippen molar-refractivity contribution in [3.63, 3.8) is 0 Å². The lowest BCUT2D eigenvalue weighted by atomic mass is 9.92. The molecule has 0 radical (unpaired) electrons. The van der Waals surface area contributed by atoms with Gasteiger partial charge >= 0.3 is 0 Å². The van der Waals surface area contributed by atoms with Crippen molar-refractivity contribution < 1.29 is 9.21 Å². The quantitative estimate of drug-likeness (QED) is 0.613. The number of aromatic nitrogens is 3. The van der Waals surface area contributed by atoms with Gasteiger partial charge < -0.3 is 9.32 Å². The van der Waals surface area contributed by atoms with Gasteiger partial charge in [-0.25, -0.2) is 4.98 Å². The molecule has 1 aliphatic heterocycles. The van der Waals surface area contributed by atoms with Crippen molar-refractivity contribution in [1.82, 2.24) is 20.1 Å². The van der Waals surface area contributed by atoms with Crippen LogP contribution in [0, 0.1) is 0 Å². The summed E-state index contributed by atoms with van der Waals surface area (Å²) in [5.41, 5.74) is 2.36. The smallest absolute Gasteiger partial charge is 0.275 e. The molecule has 0 saturated carbocycles. The molecule has 1 fully saturated rings. The van der Waals surface area contributed by atoms with E-state index in [0.29, 0.717) is 29.6 Å². The third kappa shape index (κ3) is 4.43. The zero-order valence-electron chi connectivity index (χ0n) is 17.6. The number of hydrogen-bond donors (Lipinski definition) is 1. The number of nitrogens with one attached hydrogen (secondary N) is 1. The Labute approximate surface area is 181 Å². The monoisotopic (exact) mass is 426 g/mol. The van der Waals surface area contributed by atoms with E-state index in [-0.39, 0.29) is 17.4 Å². The van der Waals surface area contributed by atoms with Gasteiger partial charge in [-0.15, -0.1) is 0 Å². The van der Waals surface area contributed by atoms with Gasteiger partial charge in [-0.05, 0) is 43.0 Å². The maximum absolute atomic E-state index is 13.2. The summed E-state index contributed by atoms with van der Waals surface area (Å²) in [5.74, 6) is 1.27. The van der Waals surface area contributed by atoms with Crippen molar-refractivity contribution in [2.45, 2.75) is 57.9 Å². The first kappa shape index (κ1) is 20.7. The molecule has 1 amide bonds. The van der Waals surface area contributed by atoms with Crippen LogP contribution in [0.3, 0.4) is 0 Å². The van der Waals surface area contributed by atoms with Crippen LogP contribution >= 0.6 is 11.6 Å². The molecule has 6 nitrogen and oxygen atoms in total. The average Bonchev–Trinajstić information content (AvgIpc) is 3.37. The fourth-order valence-corrected chi connectivity index (χ4v) is 4.01. The maximum Gasteiger partial charge on any atom is 0.275 e. The summed E-state index contributed by atoms with van der Waals surface area (Å²) in [5, 5.41) is 7.98. The van der Waals surface area contributed by atoms with Gasteiger partial charge in [0.05, 0.1) is 6.20 Å². The molecule has 1 N–H and O–H groups in total. The first-order valence-electron chi connectivity index (χ1n) is 10.4. The molecule has 0 aliphatic carbocycles. The molecule has 1 saturated heterocycles. The zero-order chi connectivity index (χ0) is 21.3. The molecule has 2 aromatic heterocycles. The highest BCUT2D eigenvalue weighted by atomic mass is 35.5. The van der Waals surface area contributed by atoms with Crippen LogP contribution in [0.1, 0.15) is 79.5 Å². The van der Waals surface area contributed by atoms with Gasteiger partial charge in [-0.2, -0.15) is 5.10 Å². The molecule has 3 aromatic rings. The average molecular weight is 427 g/mol. The molecule has 0 bridgehead atoms. The predicted molar refractivity (Wildman–Crippen MR) is 116 cm³/mol. The highest BCUT2D eigenvalue weighted by Crippen LogP contribution is 2.32. The number of aromatic amines is 1. The Kier molecular flexibility index (Phi) is 5.69. The van der Waals surface area contributed by atoms with Gasteiger partial charge in [0.25, 0.3) is 5.91 Å². The minimum Gasteiger partial charge on any atom is -0.443 e. The summed E-state index contributed by atoms with van der Waals surface area (Å²) in [4.78, 5) is 19.6. The third-order valence-corrected chi connectivity index (χ3v) is 5.73. The second-order valence-corrected chi connectivity index (χ2v) is 9.33. The number of amides is 1. The standard InChI is InChI=1S/C23H27ClN4O2/c1-23(2,3)20-13-18(26-27-20)22(29)28-10-5-4-9-19(28)21-25-14-17(30-21)12-15-7-6-8-16(24)11-15/h6-8,11,13-14,19H,4-5,9-10,12H2,1-3H3,(H,26,27)/t19-/m1/s1. The van der Waals surface area contributed by atoms with E-state index >= 15 is 0 Å². The van der Waals surface area contributed by atoms with E-state index in [1.165, 1.54) is 0 Å². The van der Waals surface area contributed by atoms with E-state index in [0.717, 1.165) is 36.3 Å². The summed E-state index contributed by atoms with van der Waals surface area (Å²) >= 11 is 6.08. The Hall–Kier alpha value is -2.60. The number of H-pyrrole nitrogens is 1. The minimum absolute atomic E-state index is 0.0824. The van der Waals surface area contributed by atoms with Crippen LogP contribution in [-0.4, -0.2) is 32.5 Å². The van der Waals surface area contributed by atoms with Crippen LogP contribution < -0.4 is 0 Å². The Morgan fingerprint density at radius 2 is 2.13 bits per heavy atom. The van der Waals surface area contributed by atoms with E-state index in [4.69, 9.17) is 16.0 Å². The molecule has 158 valence electrons. The third-order valence-electron chi connectivity index (χ3n) is 5.49. The van der Waals surface area contributed by atoms with E-state index < -0.39 is 0 Å². The molecule has 30 heavy (non-hydrogen) atoms. The molecule has 1 atom stereocenters. The molecule has 0 spiro atoms. The number of halogens is 1. The van der Waals surface area contributed by atoms with Crippen LogP contribution in [0.15, 0.2) is 40.9 Å². The normalized spacial score (nSPS) is 17.3. The van der Waals surface area contributed by atoms with E-state index in [1.54, 1.807) is 6.20 Å². The largest absolute Gasteiger partial charge is 0.443 e. The van der Waals surface area contributed by atoms with Crippen molar-refractivity contribution in [2.75, 3.05) is 6.54 Å². The highest BCUT2D eigenvalue weighted by Gasteiger charge is 2.33. The number of oxazole rings is 1. The van der Waals surface area contributed by atoms with Crippen LogP contribution in [0.5, 0.6) is 0 Å². The summed E-state index contributed by atoms with van der Waals surface area (Å²) in [6.45, 7) is 6.94. The lowest BCUT2D eigenvalue weighted by molar-refractivity contribution is 0.0564. The Bertz CT molecular complexity index is 1030. The predicted octanol–water partition coefficient (Wildman–Crippen LogP) is 5.31. The van der Waals surface area contributed by atoms with Gasteiger partial charge in [-0.3, -0.25) is 9.89 Å². The maximum atomic E-state index is 13.2. The number of likely N-dealkylation sites (tertiary alicyclic amines) is 1. The summed E-state index contributed by atoms with van der Waals surface area (Å²) < 4.78 is 6.07. The Morgan fingerprint density at radius 1 is 1.30 bits per heavy atom. The molecule has 1 aliphatic rings. The summed E-state index contributed by atoms with van der Waals surface area (Å²) in [6, 6.07) is 9.39. The van der Waals surface area contributed by atoms with Crippen LogP contribution in [0.2, 0.25) is 5.02 Å². The number of benzene rings is 1. The number of piperidine rings is 1. The molecule has 0 unspecified atom stereocenters. The minimum atomic E-state index is -0.172. The van der Waals surface area contributed by atoms with E-state index in [1.807, 2.05) is 35.2 Å². The number of hydrogen-bond acceptors (Lipinski definition) is 4. The number of carbonyl (C=O) groups excluding carboxylic acids is 1. The van der Waals surface area contributed by atoms with E-state index in [9.17, 15) is 4.79 Å². The van der Waals surface area contributed by atoms with Gasteiger partial charge in [0.1, 0.15) is 17.5 Å². The van der Waals surface area contributed by atoms with Crippen molar-refractivity contribution in [3.05, 3.63) is 70.2 Å². The molecule has 3 heterocycles. The van der Waals surface area contributed by atoms with Crippen LogP contribution in [0.25, 0.3) is 0 Å². The fourth-order valence-electron chi connectivity index (χ4n) is 3.80. The van der Waals surface area contributed by atoms with Crippen molar-refractivity contribution in [2.24, 2.45) is 0 Å². The number of nitrogens with zero attached hydrogens (tertiary/aromatic N) is 3. The first-order valence-corrected chi connectivity index (χ1v) is 10.7. The highest BCUT2D eigenvalue weighted by molar-refractivity contribution is 6.30. The molecule has 7 heteroatoms. The number of rotatable bonds is 4. The van der Waals surface area contributed by atoms with Gasteiger partial charge in [0.2, 0.25) is 5.89 Å². The Balaban J connectivity index is 1.53. The van der Waals surface area contributed by atoms with Gasteiger partial charge in [0.15, 0.2) is 0 Å². The molecular weight excluding hydrogens is 400 g/mol. The lowest BCUT2D eigenvalue weighted by Crippen LogP contribution is -2.38. The number of carbonyl (C=O) groups is 1. The van der Waals surface area contributed by atoms with Crippen molar-refractivity contribution in [1.29, 1.82) is 0 Å². The molecule has 4 rings (SSSR count). The summed E-state index contributed by atoms with van der Waals surface area (Å²) in [7, 11) is 0.